The summed E-state index contributed by atoms with van der Waals surface area (Å²) in [5.41, 5.74) is 1.08. The van der Waals surface area contributed by atoms with E-state index in [1.807, 2.05) is 0 Å². The quantitative estimate of drug-likeness (QED) is 0.587. The molecule has 0 amide bonds. The minimum Gasteiger partial charge on any atom is -0.462 e. The van der Waals surface area contributed by atoms with Crippen molar-refractivity contribution in [2.45, 2.75) is 19.8 Å². The fraction of sp³-hybridized carbons (Fsp3) is 0.417. The monoisotopic (exact) mass is 244 g/mol. The molecular weight excluding hydrogens is 231 g/mol. The van der Waals surface area contributed by atoms with Crippen LogP contribution in [-0.4, -0.2) is 18.5 Å². The number of ether oxygens (including phenoxy) is 1. The number of hydrogen-bond donors (Lipinski definition) is 0. The maximum atomic E-state index is 13.0. The van der Waals surface area contributed by atoms with Crippen molar-refractivity contribution < 1.29 is 13.9 Å². The van der Waals surface area contributed by atoms with Crippen LogP contribution in [0.25, 0.3) is 0 Å². The third kappa shape index (κ3) is 3.49. The minimum absolute atomic E-state index is 0.282. The van der Waals surface area contributed by atoms with Crippen LogP contribution in [0, 0.1) is 5.82 Å². The number of benzene rings is 1. The van der Waals surface area contributed by atoms with E-state index in [0.29, 0.717) is 17.9 Å². The summed E-state index contributed by atoms with van der Waals surface area (Å²) in [4.78, 5) is 11.6. The van der Waals surface area contributed by atoms with Crippen molar-refractivity contribution in [3.8, 4) is 0 Å². The Balaban J connectivity index is 2.93. The molecule has 0 N–H and O–H groups in total. The molecule has 1 aromatic carbocycles. The second kappa shape index (κ2) is 6.48. The highest BCUT2D eigenvalue weighted by Crippen LogP contribution is 2.15. The molecule has 0 fully saturated rings. The molecule has 0 bridgehead atoms. The summed E-state index contributed by atoms with van der Waals surface area (Å²) < 4.78 is 17.9. The van der Waals surface area contributed by atoms with Gasteiger partial charge in [0.05, 0.1) is 12.2 Å². The zero-order valence-corrected chi connectivity index (χ0v) is 9.89. The molecule has 0 aliphatic carbocycles. The van der Waals surface area contributed by atoms with Gasteiger partial charge in [-0.3, -0.25) is 0 Å². The molecule has 0 unspecified atom stereocenters. The summed E-state index contributed by atoms with van der Waals surface area (Å²) >= 11 is 5.59. The second-order valence-corrected chi connectivity index (χ2v) is 3.69. The van der Waals surface area contributed by atoms with Crippen LogP contribution in [0.5, 0.6) is 0 Å². The molecule has 0 spiro atoms. The summed E-state index contributed by atoms with van der Waals surface area (Å²) in [6.45, 7) is 2.00. The van der Waals surface area contributed by atoms with Crippen LogP contribution in [0.4, 0.5) is 4.39 Å². The van der Waals surface area contributed by atoms with E-state index in [9.17, 15) is 9.18 Å². The molecule has 0 heterocycles. The molecular formula is C12H14ClFO2. The van der Waals surface area contributed by atoms with Crippen LogP contribution in [0.3, 0.4) is 0 Å². The maximum absolute atomic E-state index is 13.0. The van der Waals surface area contributed by atoms with E-state index in [4.69, 9.17) is 16.3 Å². The molecule has 0 aromatic heterocycles. The first-order valence-corrected chi connectivity index (χ1v) is 5.74. The second-order valence-electron chi connectivity index (χ2n) is 3.31. The van der Waals surface area contributed by atoms with E-state index in [1.165, 1.54) is 12.1 Å². The van der Waals surface area contributed by atoms with Crippen LogP contribution in [0.15, 0.2) is 18.2 Å². The molecule has 0 saturated carbocycles. The van der Waals surface area contributed by atoms with Gasteiger partial charge in [-0.15, -0.1) is 11.6 Å². The summed E-state index contributed by atoms with van der Waals surface area (Å²) in [5, 5.41) is 0. The summed E-state index contributed by atoms with van der Waals surface area (Å²) in [6, 6.07) is 4.15. The highest BCUT2D eigenvalue weighted by molar-refractivity contribution is 6.17. The molecule has 0 aliphatic rings. The van der Waals surface area contributed by atoms with Crippen LogP contribution < -0.4 is 0 Å². The SMILES string of the molecule is CCOC(=O)c1cc(F)ccc1CCCCl. The predicted molar refractivity (Wildman–Crippen MR) is 61.4 cm³/mol. The molecule has 0 radical (unpaired) electrons. The Hall–Kier alpha value is -1.09. The topological polar surface area (TPSA) is 26.3 Å². The van der Waals surface area contributed by atoms with Gasteiger partial charge in [0.25, 0.3) is 0 Å². The molecule has 0 aliphatic heterocycles. The van der Waals surface area contributed by atoms with Crippen molar-refractivity contribution in [1.82, 2.24) is 0 Å². The zero-order chi connectivity index (χ0) is 12.0. The van der Waals surface area contributed by atoms with Gasteiger partial charge in [0.2, 0.25) is 0 Å². The van der Waals surface area contributed by atoms with Crippen molar-refractivity contribution in [1.29, 1.82) is 0 Å². The lowest BCUT2D eigenvalue weighted by Gasteiger charge is -2.08. The van der Waals surface area contributed by atoms with E-state index in [1.54, 1.807) is 13.0 Å². The van der Waals surface area contributed by atoms with E-state index < -0.39 is 11.8 Å². The van der Waals surface area contributed by atoms with Gasteiger partial charge in [0, 0.05) is 5.88 Å². The van der Waals surface area contributed by atoms with E-state index in [-0.39, 0.29) is 6.61 Å². The van der Waals surface area contributed by atoms with E-state index >= 15 is 0 Å². The van der Waals surface area contributed by atoms with Gasteiger partial charge in [-0.25, -0.2) is 9.18 Å². The van der Waals surface area contributed by atoms with E-state index in [0.717, 1.165) is 12.0 Å². The third-order valence-corrected chi connectivity index (χ3v) is 2.41. The molecule has 2 nitrogen and oxygen atoms in total. The van der Waals surface area contributed by atoms with Gasteiger partial charge in [-0.1, -0.05) is 6.07 Å². The van der Waals surface area contributed by atoms with Crippen LogP contribution in [0.2, 0.25) is 0 Å². The number of aryl methyl sites for hydroxylation is 1. The Morgan fingerprint density at radius 1 is 1.50 bits per heavy atom. The fourth-order valence-corrected chi connectivity index (χ4v) is 1.56. The number of alkyl halides is 1. The summed E-state index contributed by atoms with van der Waals surface area (Å²) in [6.07, 6.45) is 1.40. The van der Waals surface area contributed by atoms with Crippen molar-refractivity contribution >= 4 is 17.6 Å². The molecule has 1 aromatic rings. The molecule has 0 atom stereocenters. The van der Waals surface area contributed by atoms with Crippen LogP contribution >= 0.6 is 11.6 Å². The highest BCUT2D eigenvalue weighted by atomic mass is 35.5. The predicted octanol–water partition coefficient (Wildman–Crippen LogP) is 3.17. The average molecular weight is 245 g/mol. The lowest BCUT2D eigenvalue weighted by Crippen LogP contribution is -2.09. The Labute approximate surface area is 99.4 Å². The number of carbonyl (C=O) groups excluding carboxylic acids is 1. The molecule has 1 rings (SSSR count). The Morgan fingerprint density at radius 3 is 2.88 bits per heavy atom. The number of hydrogen-bond acceptors (Lipinski definition) is 2. The first kappa shape index (κ1) is 13.0. The Morgan fingerprint density at radius 2 is 2.25 bits per heavy atom. The standard InChI is InChI=1S/C12H14ClFO2/c1-2-16-12(15)11-8-10(14)6-5-9(11)4-3-7-13/h5-6,8H,2-4,7H2,1H3. The van der Waals surface area contributed by atoms with Crippen LogP contribution in [0.1, 0.15) is 29.3 Å². The van der Waals surface area contributed by atoms with Gasteiger partial charge in [-0.05, 0) is 37.5 Å². The Kier molecular flexibility index (Phi) is 5.26. The highest BCUT2D eigenvalue weighted by Gasteiger charge is 2.13. The zero-order valence-electron chi connectivity index (χ0n) is 9.13. The van der Waals surface area contributed by atoms with Crippen molar-refractivity contribution in [3.63, 3.8) is 0 Å². The fourth-order valence-electron chi connectivity index (χ4n) is 1.42. The van der Waals surface area contributed by atoms with Gasteiger partial charge >= 0.3 is 5.97 Å². The van der Waals surface area contributed by atoms with Crippen molar-refractivity contribution in [2.24, 2.45) is 0 Å². The normalized spacial score (nSPS) is 10.2. The van der Waals surface area contributed by atoms with Gasteiger partial charge in [0.15, 0.2) is 0 Å². The third-order valence-electron chi connectivity index (χ3n) is 2.15. The van der Waals surface area contributed by atoms with Gasteiger partial charge in [0.1, 0.15) is 5.82 Å². The Bertz CT molecular complexity index is 366. The van der Waals surface area contributed by atoms with Crippen molar-refractivity contribution in [2.75, 3.05) is 12.5 Å². The molecule has 0 saturated heterocycles. The summed E-state index contributed by atoms with van der Waals surface area (Å²) in [5.74, 6) is -0.399. The van der Waals surface area contributed by atoms with Crippen molar-refractivity contribution in [3.05, 3.63) is 35.1 Å². The summed E-state index contributed by atoms with van der Waals surface area (Å²) in [7, 11) is 0. The smallest absolute Gasteiger partial charge is 0.338 e. The lowest BCUT2D eigenvalue weighted by molar-refractivity contribution is 0.0524. The number of esters is 1. The minimum atomic E-state index is -0.480. The molecule has 16 heavy (non-hydrogen) atoms. The van der Waals surface area contributed by atoms with Gasteiger partial charge in [-0.2, -0.15) is 0 Å². The molecule has 4 heteroatoms. The number of halogens is 2. The van der Waals surface area contributed by atoms with Crippen LogP contribution in [-0.2, 0) is 11.2 Å². The first-order chi connectivity index (χ1) is 7.69. The lowest BCUT2D eigenvalue weighted by atomic mass is 10.0. The maximum Gasteiger partial charge on any atom is 0.338 e. The largest absolute Gasteiger partial charge is 0.462 e. The average Bonchev–Trinajstić information content (AvgIpc) is 2.27. The van der Waals surface area contributed by atoms with E-state index in [2.05, 4.69) is 0 Å². The molecule has 88 valence electrons. The number of rotatable bonds is 5. The van der Waals surface area contributed by atoms with Gasteiger partial charge < -0.3 is 4.74 Å². The first-order valence-electron chi connectivity index (χ1n) is 5.20. The number of carbonyl (C=O) groups is 1.